The van der Waals surface area contributed by atoms with Crippen LogP contribution < -0.4 is 10.0 Å². The lowest BCUT2D eigenvalue weighted by Gasteiger charge is -2.25. The van der Waals surface area contributed by atoms with Crippen LogP contribution in [0.1, 0.15) is 19.4 Å². The van der Waals surface area contributed by atoms with E-state index >= 15 is 0 Å². The van der Waals surface area contributed by atoms with Gasteiger partial charge in [-0.15, -0.1) is 0 Å². The second-order valence-electron chi connectivity index (χ2n) is 5.27. The van der Waals surface area contributed by atoms with Crippen LogP contribution in [0.15, 0.2) is 21.1 Å². The Bertz CT molecular complexity index is 565. The summed E-state index contributed by atoms with van der Waals surface area (Å²) in [6.45, 7) is 4.66. The van der Waals surface area contributed by atoms with Crippen LogP contribution in [0.3, 0.4) is 0 Å². The maximum Gasteiger partial charge on any atom is 0.209 e. The van der Waals surface area contributed by atoms with E-state index in [0.717, 1.165) is 11.8 Å². The Labute approximate surface area is 136 Å². The Kier molecular flexibility index (Phi) is 6.03. The van der Waals surface area contributed by atoms with E-state index in [1.165, 1.54) is 0 Å². The van der Waals surface area contributed by atoms with Gasteiger partial charge in [-0.2, -0.15) is 0 Å². The number of sulfonamides is 1. The summed E-state index contributed by atoms with van der Waals surface area (Å²) < 4.78 is 26.2. The van der Waals surface area contributed by atoms with Crippen molar-refractivity contribution in [3.63, 3.8) is 0 Å². The molecule has 0 atom stereocenters. The Balaban J connectivity index is 2.61. The molecule has 0 aliphatic carbocycles. The van der Waals surface area contributed by atoms with Crippen LogP contribution in [0.2, 0.25) is 0 Å². The molecule has 8 heteroatoms. The summed E-state index contributed by atoms with van der Waals surface area (Å²) in [5.74, 6) is 0.160. The molecule has 0 fully saturated rings. The minimum atomic E-state index is -3.23. The molecule has 0 amide bonds. The second-order valence-corrected chi connectivity index (χ2v) is 8.73. The van der Waals surface area contributed by atoms with Gasteiger partial charge in [0.05, 0.1) is 15.2 Å². The second kappa shape index (κ2) is 6.74. The first kappa shape index (κ1) is 17.9. The SMILES string of the molecule is CC(C)(CNCc1cc(Br)c(O)c(Br)c1)NS(C)(=O)=O. The third-order valence-corrected chi connectivity index (χ3v) is 4.57. The number of hydrogen-bond acceptors (Lipinski definition) is 4. The molecular weight excluding hydrogens is 412 g/mol. The van der Waals surface area contributed by atoms with Crippen molar-refractivity contribution in [3.05, 3.63) is 26.6 Å². The molecule has 0 heterocycles. The van der Waals surface area contributed by atoms with Gasteiger partial charge < -0.3 is 10.4 Å². The van der Waals surface area contributed by atoms with Crippen molar-refractivity contribution in [1.29, 1.82) is 0 Å². The first-order valence-electron chi connectivity index (χ1n) is 5.87. The summed E-state index contributed by atoms with van der Waals surface area (Å²) in [4.78, 5) is 0. The lowest BCUT2D eigenvalue weighted by atomic mass is 10.1. The lowest BCUT2D eigenvalue weighted by molar-refractivity contribution is 0.420. The predicted molar refractivity (Wildman–Crippen MR) is 87.3 cm³/mol. The first-order chi connectivity index (χ1) is 9.00. The molecule has 0 aliphatic rings. The molecule has 3 N–H and O–H groups in total. The zero-order chi connectivity index (χ0) is 15.6. The van der Waals surface area contributed by atoms with Crippen LogP contribution in [0.4, 0.5) is 0 Å². The van der Waals surface area contributed by atoms with Crippen LogP contribution in [0.25, 0.3) is 0 Å². The van der Waals surface area contributed by atoms with Gasteiger partial charge in [0.25, 0.3) is 0 Å². The summed E-state index contributed by atoms with van der Waals surface area (Å²) in [7, 11) is -3.23. The van der Waals surface area contributed by atoms with Gasteiger partial charge in [-0.3, -0.25) is 0 Å². The zero-order valence-corrected chi connectivity index (χ0v) is 15.5. The van der Waals surface area contributed by atoms with Gasteiger partial charge in [0.1, 0.15) is 5.75 Å². The van der Waals surface area contributed by atoms with Gasteiger partial charge in [-0.25, -0.2) is 13.1 Å². The molecule has 0 spiro atoms. The van der Waals surface area contributed by atoms with Gasteiger partial charge in [0, 0.05) is 18.6 Å². The van der Waals surface area contributed by atoms with Crippen LogP contribution >= 0.6 is 31.9 Å². The van der Waals surface area contributed by atoms with Gasteiger partial charge >= 0.3 is 0 Å². The topological polar surface area (TPSA) is 78.4 Å². The van der Waals surface area contributed by atoms with Crippen LogP contribution in [0.5, 0.6) is 5.75 Å². The average molecular weight is 430 g/mol. The predicted octanol–water partition coefficient (Wildman–Crippen LogP) is 2.33. The van der Waals surface area contributed by atoms with Crippen molar-refractivity contribution >= 4 is 41.9 Å². The van der Waals surface area contributed by atoms with Crippen molar-refractivity contribution < 1.29 is 13.5 Å². The average Bonchev–Trinajstić information content (AvgIpc) is 2.21. The number of nitrogens with one attached hydrogen (secondary N) is 2. The molecular formula is C12H18Br2N2O3S. The third-order valence-electron chi connectivity index (χ3n) is 2.43. The molecule has 0 radical (unpaired) electrons. The lowest BCUT2D eigenvalue weighted by Crippen LogP contribution is -2.49. The number of phenolic OH excluding ortho intramolecular Hbond substituents is 1. The highest BCUT2D eigenvalue weighted by atomic mass is 79.9. The van der Waals surface area contributed by atoms with Crippen molar-refractivity contribution in [2.24, 2.45) is 0 Å². The molecule has 0 aromatic heterocycles. The first-order valence-corrected chi connectivity index (χ1v) is 9.34. The molecule has 0 bridgehead atoms. The maximum atomic E-state index is 11.2. The smallest absolute Gasteiger partial charge is 0.209 e. The van der Waals surface area contributed by atoms with Crippen molar-refractivity contribution in [2.45, 2.75) is 25.9 Å². The number of phenols is 1. The van der Waals surface area contributed by atoms with E-state index in [1.807, 2.05) is 26.0 Å². The summed E-state index contributed by atoms with van der Waals surface area (Å²) >= 11 is 6.54. The minimum Gasteiger partial charge on any atom is -0.506 e. The van der Waals surface area contributed by atoms with Crippen LogP contribution in [0, 0.1) is 0 Å². The van der Waals surface area contributed by atoms with Crippen LogP contribution in [-0.2, 0) is 16.6 Å². The Hall–Kier alpha value is -0.150. The van der Waals surface area contributed by atoms with Crippen molar-refractivity contribution in [3.8, 4) is 5.75 Å². The maximum absolute atomic E-state index is 11.2. The Morgan fingerprint density at radius 2 is 1.75 bits per heavy atom. The van der Waals surface area contributed by atoms with Crippen LogP contribution in [-0.4, -0.2) is 31.9 Å². The minimum absolute atomic E-state index is 0.160. The van der Waals surface area contributed by atoms with Gasteiger partial charge in [-0.1, -0.05) is 0 Å². The quantitative estimate of drug-likeness (QED) is 0.648. The number of benzene rings is 1. The molecule has 0 saturated heterocycles. The van der Waals surface area contributed by atoms with Gasteiger partial charge in [0.15, 0.2) is 0 Å². The van der Waals surface area contributed by atoms with E-state index in [9.17, 15) is 13.5 Å². The zero-order valence-electron chi connectivity index (χ0n) is 11.5. The van der Waals surface area contributed by atoms with E-state index in [1.54, 1.807) is 0 Å². The van der Waals surface area contributed by atoms with E-state index in [2.05, 4.69) is 41.9 Å². The molecule has 1 aromatic rings. The third kappa shape index (κ3) is 6.09. The molecule has 114 valence electrons. The van der Waals surface area contributed by atoms with Gasteiger partial charge in [0.2, 0.25) is 10.0 Å². The summed E-state index contributed by atoms with van der Waals surface area (Å²) in [5, 5.41) is 12.8. The standard InChI is InChI=1S/C12H18Br2N2O3S/c1-12(2,16-20(3,18)19)7-15-6-8-4-9(13)11(17)10(14)5-8/h4-5,15-17H,6-7H2,1-3H3. The largest absolute Gasteiger partial charge is 0.506 e. The number of halogens is 2. The van der Waals surface area contributed by atoms with E-state index in [-0.39, 0.29) is 5.75 Å². The van der Waals surface area contributed by atoms with Gasteiger partial charge in [-0.05, 0) is 63.4 Å². The molecule has 0 aliphatic heterocycles. The fraction of sp³-hybridized carbons (Fsp3) is 0.500. The Morgan fingerprint density at radius 3 is 2.20 bits per heavy atom. The summed E-state index contributed by atoms with van der Waals surface area (Å²) in [5.41, 5.74) is 0.399. The normalized spacial score (nSPS) is 12.7. The number of rotatable bonds is 6. The summed E-state index contributed by atoms with van der Waals surface area (Å²) in [6, 6.07) is 3.62. The summed E-state index contributed by atoms with van der Waals surface area (Å²) in [6.07, 6.45) is 1.14. The number of aromatic hydroxyl groups is 1. The molecule has 0 unspecified atom stereocenters. The van der Waals surface area contributed by atoms with Crippen molar-refractivity contribution in [1.82, 2.24) is 10.0 Å². The van der Waals surface area contributed by atoms with E-state index in [4.69, 9.17) is 0 Å². The highest BCUT2D eigenvalue weighted by molar-refractivity contribution is 9.11. The van der Waals surface area contributed by atoms with E-state index < -0.39 is 15.6 Å². The Morgan fingerprint density at radius 1 is 1.25 bits per heavy atom. The van der Waals surface area contributed by atoms with Crippen molar-refractivity contribution in [2.75, 3.05) is 12.8 Å². The molecule has 0 saturated carbocycles. The highest BCUT2D eigenvalue weighted by Gasteiger charge is 2.21. The molecule has 5 nitrogen and oxygen atoms in total. The number of hydrogen-bond donors (Lipinski definition) is 3. The molecule has 1 aromatic carbocycles. The fourth-order valence-corrected chi connectivity index (χ4v) is 4.13. The highest BCUT2D eigenvalue weighted by Crippen LogP contribution is 2.33. The molecule has 20 heavy (non-hydrogen) atoms. The fourth-order valence-electron chi connectivity index (χ4n) is 1.78. The molecule has 1 rings (SSSR count). The monoisotopic (exact) mass is 428 g/mol. The van der Waals surface area contributed by atoms with E-state index in [0.29, 0.717) is 22.0 Å².